The van der Waals surface area contributed by atoms with E-state index in [-0.39, 0.29) is 19.1 Å². The Labute approximate surface area is 86.9 Å². The number of carbonyl (C=O) groups is 3. The lowest BCUT2D eigenvalue weighted by molar-refractivity contribution is -0.139. The predicted octanol–water partition coefficient (Wildman–Crippen LogP) is -0.303. The first-order valence-corrected chi connectivity index (χ1v) is 4.40. The van der Waals surface area contributed by atoms with E-state index in [1.54, 1.807) is 6.92 Å². The molecular formula is C9H13NO5. The number of carboxylic acid groups (broad SMARTS) is 1. The van der Waals surface area contributed by atoms with Crippen molar-refractivity contribution in [2.24, 2.45) is 0 Å². The van der Waals surface area contributed by atoms with Gasteiger partial charge in [-0.3, -0.25) is 4.79 Å². The highest BCUT2D eigenvalue weighted by molar-refractivity contribution is 5.90. The van der Waals surface area contributed by atoms with E-state index < -0.39 is 11.9 Å². The normalized spacial score (nSPS) is 9.93. The van der Waals surface area contributed by atoms with Crippen LogP contribution in [0.4, 0.5) is 0 Å². The molecule has 0 heterocycles. The van der Waals surface area contributed by atoms with Crippen molar-refractivity contribution in [3.63, 3.8) is 0 Å². The van der Waals surface area contributed by atoms with Gasteiger partial charge in [0.15, 0.2) is 0 Å². The van der Waals surface area contributed by atoms with E-state index in [2.05, 4.69) is 10.1 Å². The Bertz CT molecular complexity index is 272. The number of hydrogen-bond donors (Lipinski definition) is 2. The topological polar surface area (TPSA) is 92.7 Å². The van der Waals surface area contributed by atoms with Crippen LogP contribution in [-0.2, 0) is 19.1 Å². The number of aliphatic carboxylic acids is 1. The standard InChI is InChI=1S/C9H13NO5/c1-2-7(11)10-5-6-15-9(14)4-3-8(12)13/h3-4H,2,5-6H2,1H3,(H,10,11)(H,12,13)/b4-3+. The molecule has 0 aliphatic heterocycles. The molecule has 2 N–H and O–H groups in total. The molecular weight excluding hydrogens is 202 g/mol. The largest absolute Gasteiger partial charge is 0.478 e. The van der Waals surface area contributed by atoms with Crippen molar-refractivity contribution >= 4 is 17.8 Å². The summed E-state index contributed by atoms with van der Waals surface area (Å²) in [4.78, 5) is 31.5. The van der Waals surface area contributed by atoms with Crippen LogP contribution in [0.25, 0.3) is 0 Å². The molecule has 0 radical (unpaired) electrons. The number of rotatable bonds is 6. The molecule has 1 amide bonds. The van der Waals surface area contributed by atoms with Crippen LogP contribution in [0.3, 0.4) is 0 Å². The number of carbonyl (C=O) groups excluding carboxylic acids is 2. The molecule has 0 aliphatic carbocycles. The lowest BCUT2D eigenvalue weighted by Crippen LogP contribution is -2.26. The third kappa shape index (κ3) is 8.48. The maximum Gasteiger partial charge on any atom is 0.331 e. The molecule has 0 saturated heterocycles. The third-order valence-electron chi connectivity index (χ3n) is 1.35. The highest BCUT2D eigenvalue weighted by Crippen LogP contribution is 1.82. The van der Waals surface area contributed by atoms with E-state index in [1.807, 2.05) is 0 Å². The summed E-state index contributed by atoms with van der Waals surface area (Å²) >= 11 is 0. The van der Waals surface area contributed by atoms with E-state index >= 15 is 0 Å². The van der Waals surface area contributed by atoms with Gasteiger partial charge in [0.25, 0.3) is 0 Å². The van der Waals surface area contributed by atoms with Gasteiger partial charge in [-0.05, 0) is 0 Å². The van der Waals surface area contributed by atoms with E-state index in [0.717, 1.165) is 6.08 Å². The first-order valence-electron chi connectivity index (χ1n) is 4.40. The first kappa shape index (κ1) is 13.2. The highest BCUT2D eigenvalue weighted by atomic mass is 16.5. The molecule has 0 bridgehead atoms. The second-order valence-electron chi connectivity index (χ2n) is 2.54. The third-order valence-corrected chi connectivity index (χ3v) is 1.35. The van der Waals surface area contributed by atoms with Gasteiger partial charge in [-0.1, -0.05) is 6.92 Å². The molecule has 0 saturated carbocycles. The van der Waals surface area contributed by atoms with E-state index in [9.17, 15) is 14.4 Å². The molecule has 0 unspecified atom stereocenters. The van der Waals surface area contributed by atoms with E-state index in [0.29, 0.717) is 12.5 Å². The average Bonchev–Trinajstić information content (AvgIpc) is 2.21. The molecule has 0 rings (SSSR count). The molecule has 6 nitrogen and oxygen atoms in total. The van der Waals surface area contributed by atoms with Crippen LogP contribution in [0.15, 0.2) is 12.2 Å². The highest BCUT2D eigenvalue weighted by Gasteiger charge is 1.99. The Balaban J connectivity index is 3.56. The summed E-state index contributed by atoms with van der Waals surface area (Å²) in [6.45, 7) is 1.95. The Hall–Kier alpha value is -1.85. The van der Waals surface area contributed by atoms with Gasteiger partial charge in [0, 0.05) is 18.6 Å². The second kappa shape index (κ2) is 7.54. The Morgan fingerprint density at radius 2 is 2.00 bits per heavy atom. The molecule has 0 aromatic carbocycles. The van der Waals surface area contributed by atoms with Crippen LogP contribution in [0.2, 0.25) is 0 Å². The van der Waals surface area contributed by atoms with Gasteiger partial charge in [-0.15, -0.1) is 0 Å². The van der Waals surface area contributed by atoms with Crippen LogP contribution in [0, 0.1) is 0 Å². The van der Waals surface area contributed by atoms with Gasteiger partial charge in [-0.25, -0.2) is 9.59 Å². The van der Waals surface area contributed by atoms with Crippen LogP contribution < -0.4 is 5.32 Å². The lowest BCUT2D eigenvalue weighted by atomic mass is 10.4. The average molecular weight is 215 g/mol. The van der Waals surface area contributed by atoms with Gasteiger partial charge in [-0.2, -0.15) is 0 Å². The number of amides is 1. The molecule has 0 aromatic heterocycles. The Kier molecular flexibility index (Phi) is 6.61. The summed E-state index contributed by atoms with van der Waals surface area (Å²) in [6, 6.07) is 0. The van der Waals surface area contributed by atoms with Crippen molar-refractivity contribution in [1.82, 2.24) is 5.32 Å². The Morgan fingerprint density at radius 3 is 2.53 bits per heavy atom. The minimum atomic E-state index is -1.22. The minimum absolute atomic E-state index is 0.0224. The summed E-state index contributed by atoms with van der Waals surface area (Å²) < 4.78 is 4.58. The van der Waals surface area contributed by atoms with E-state index in [4.69, 9.17) is 5.11 Å². The number of nitrogens with one attached hydrogen (secondary N) is 1. The predicted molar refractivity (Wildman–Crippen MR) is 51.0 cm³/mol. The van der Waals surface area contributed by atoms with Crippen molar-refractivity contribution in [1.29, 1.82) is 0 Å². The van der Waals surface area contributed by atoms with Gasteiger partial charge in [0.05, 0.1) is 6.54 Å². The summed E-state index contributed by atoms with van der Waals surface area (Å²) in [5.74, 6) is -2.10. The summed E-state index contributed by atoms with van der Waals surface area (Å²) in [5, 5.41) is 10.7. The quantitative estimate of drug-likeness (QED) is 0.360. The summed E-state index contributed by atoms with van der Waals surface area (Å²) in [7, 11) is 0. The van der Waals surface area contributed by atoms with Crippen molar-refractivity contribution < 1.29 is 24.2 Å². The fourth-order valence-corrected chi connectivity index (χ4v) is 0.655. The molecule has 0 aromatic rings. The SMILES string of the molecule is CCC(=O)NCCOC(=O)/C=C/C(=O)O. The number of esters is 1. The molecule has 0 atom stereocenters. The van der Waals surface area contributed by atoms with Crippen LogP contribution in [0.1, 0.15) is 13.3 Å². The summed E-state index contributed by atoms with van der Waals surface area (Å²) in [6.07, 6.45) is 1.86. The van der Waals surface area contributed by atoms with Crippen molar-refractivity contribution in [3.05, 3.63) is 12.2 Å². The monoisotopic (exact) mass is 215 g/mol. The Morgan fingerprint density at radius 1 is 1.33 bits per heavy atom. The summed E-state index contributed by atoms with van der Waals surface area (Å²) in [5.41, 5.74) is 0. The number of hydrogen-bond acceptors (Lipinski definition) is 4. The molecule has 0 aliphatic rings. The van der Waals surface area contributed by atoms with Crippen LogP contribution >= 0.6 is 0 Å². The van der Waals surface area contributed by atoms with Gasteiger partial charge in [0.1, 0.15) is 6.61 Å². The van der Waals surface area contributed by atoms with Gasteiger partial charge >= 0.3 is 11.9 Å². The van der Waals surface area contributed by atoms with Crippen LogP contribution in [0.5, 0.6) is 0 Å². The van der Waals surface area contributed by atoms with Gasteiger partial charge < -0.3 is 15.2 Å². The van der Waals surface area contributed by atoms with Crippen LogP contribution in [-0.4, -0.2) is 36.1 Å². The first-order chi connectivity index (χ1) is 7.06. The molecule has 0 spiro atoms. The maximum absolute atomic E-state index is 10.8. The zero-order valence-electron chi connectivity index (χ0n) is 8.36. The molecule has 84 valence electrons. The fraction of sp³-hybridized carbons (Fsp3) is 0.444. The molecule has 15 heavy (non-hydrogen) atoms. The minimum Gasteiger partial charge on any atom is -0.478 e. The maximum atomic E-state index is 10.8. The second-order valence-corrected chi connectivity index (χ2v) is 2.54. The molecule has 6 heteroatoms. The zero-order valence-corrected chi connectivity index (χ0v) is 8.36. The van der Waals surface area contributed by atoms with Crippen molar-refractivity contribution in [2.75, 3.05) is 13.2 Å². The fourth-order valence-electron chi connectivity index (χ4n) is 0.655. The zero-order chi connectivity index (χ0) is 11.7. The number of carboxylic acids is 1. The smallest absolute Gasteiger partial charge is 0.331 e. The van der Waals surface area contributed by atoms with Crippen molar-refractivity contribution in [3.8, 4) is 0 Å². The molecule has 0 fully saturated rings. The number of ether oxygens (including phenoxy) is 1. The van der Waals surface area contributed by atoms with E-state index in [1.165, 1.54) is 0 Å². The lowest BCUT2D eigenvalue weighted by Gasteiger charge is -2.03. The van der Waals surface area contributed by atoms with Gasteiger partial charge in [0.2, 0.25) is 5.91 Å². The van der Waals surface area contributed by atoms with Crippen molar-refractivity contribution in [2.45, 2.75) is 13.3 Å².